The summed E-state index contributed by atoms with van der Waals surface area (Å²) in [6.07, 6.45) is 0. The van der Waals surface area contributed by atoms with Gasteiger partial charge < -0.3 is 5.32 Å². The summed E-state index contributed by atoms with van der Waals surface area (Å²) < 4.78 is 14.1. The summed E-state index contributed by atoms with van der Waals surface area (Å²) in [5, 5.41) is 3.12. The lowest BCUT2D eigenvalue weighted by Gasteiger charge is -2.31. The van der Waals surface area contributed by atoms with E-state index in [-0.39, 0.29) is 17.3 Å². The second-order valence-corrected chi connectivity index (χ2v) is 5.03. The molecule has 1 unspecified atom stereocenters. The number of carbonyl (C=O) groups excluding carboxylic acids is 1. The molecule has 0 aromatic heterocycles. The number of hydrogen-bond donors (Lipinski definition) is 1. The molecule has 0 radical (unpaired) electrons. The highest BCUT2D eigenvalue weighted by Crippen LogP contribution is 2.25. The van der Waals surface area contributed by atoms with Crippen LogP contribution in [0.2, 0.25) is 0 Å². The van der Waals surface area contributed by atoms with Crippen LogP contribution in [0.15, 0.2) is 22.7 Å². The summed E-state index contributed by atoms with van der Waals surface area (Å²) in [7, 11) is 0. The Hall–Kier alpha value is -0.740. The number of hydrogen-bond acceptors (Lipinski definition) is 2. The smallest absolute Gasteiger partial charge is 0.169 e. The van der Waals surface area contributed by atoms with Gasteiger partial charge in [-0.25, -0.2) is 4.39 Å². The Balaban J connectivity index is 2.22. The maximum absolute atomic E-state index is 13.7. The van der Waals surface area contributed by atoms with E-state index < -0.39 is 5.82 Å². The standard InChI is InChI=1S/C12H13BrFNO/c1-7(8-5-15-6-8)12(16)9-3-2-4-10(13)11(9)14/h2-4,7-8,15H,5-6H2,1H3. The first-order chi connectivity index (χ1) is 7.61. The molecule has 1 aromatic carbocycles. The summed E-state index contributed by atoms with van der Waals surface area (Å²) in [5.41, 5.74) is 0.189. The van der Waals surface area contributed by atoms with Gasteiger partial charge in [-0.2, -0.15) is 0 Å². The molecule has 1 aliphatic heterocycles. The van der Waals surface area contributed by atoms with E-state index in [1.54, 1.807) is 18.2 Å². The predicted octanol–water partition coefficient (Wildman–Crippen LogP) is 2.63. The van der Waals surface area contributed by atoms with Crippen molar-refractivity contribution in [2.45, 2.75) is 6.92 Å². The van der Waals surface area contributed by atoms with Gasteiger partial charge >= 0.3 is 0 Å². The van der Waals surface area contributed by atoms with Gasteiger partial charge in [-0.3, -0.25) is 4.79 Å². The highest BCUT2D eigenvalue weighted by atomic mass is 79.9. The molecule has 0 bridgehead atoms. The molecule has 1 aromatic rings. The van der Waals surface area contributed by atoms with E-state index in [9.17, 15) is 9.18 Å². The van der Waals surface area contributed by atoms with Gasteiger partial charge in [0.05, 0.1) is 10.0 Å². The Labute approximate surface area is 102 Å². The Morgan fingerprint density at radius 1 is 1.56 bits per heavy atom. The number of nitrogens with one attached hydrogen (secondary N) is 1. The van der Waals surface area contributed by atoms with Crippen molar-refractivity contribution in [2.24, 2.45) is 11.8 Å². The maximum Gasteiger partial charge on any atom is 0.169 e. The summed E-state index contributed by atoms with van der Waals surface area (Å²) >= 11 is 3.09. The van der Waals surface area contributed by atoms with E-state index in [0.717, 1.165) is 13.1 Å². The van der Waals surface area contributed by atoms with Crippen molar-refractivity contribution < 1.29 is 9.18 Å². The average Bonchev–Trinajstić information content (AvgIpc) is 2.18. The minimum atomic E-state index is -0.452. The first kappa shape index (κ1) is 11.7. The molecule has 2 rings (SSSR count). The molecule has 1 aliphatic rings. The third-order valence-electron chi connectivity index (χ3n) is 3.15. The predicted molar refractivity (Wildman–Crippen MR) is 64.0 cm³/mol. The first-order valence-electron chi connectivity index (χ1n) is 5.30. The highest BCUT2D eigenvalue weighted by molar-refractivity contribution is 9.10. The van der Waals surface area contributed by atoms with Crippen LogP contribution in [0.4, 0.5) is 4.39 Å². The van der Waals surface area contributed by atoms with Crippen molar-refractivity contribution in [3.63, 3.8) is 0 Å². The zero-order valence-corrected chi connectivity index (χ0v) is 10.6. The minimum Gasteiger partial charge on any atom is -0.316 e. The Morgan fingerprint density at radius 3 is 2.81 bits per heavy atom. The van der Waals surface area contributed by atoms with Crippen LogP contribution in [0.3, 0.4) is 0 Å². The van der Waals surface area contributed by atoms with Crippen LogP contribution in [-0.2, 0) is 0 Å². The molecule has 0 saturated carbocycles. The summed E-state index contributed by atoms with van der Waals surface area (Å²) in [4.78, 5) is 12.1. The molecule has 16 heavy (non-hydrogen) atoms. The van der Waals surface area contributed by atoms with E-state index in [2.05, 4.69) is 21.2 Å². The maximum atomic E-state index is 13.7. The third-order valence-corrected chi connectivity index (χ3v) is 3.76. The highest BCUT2D eigenvalue weighted by Gasteiger charge is 2.30. The second-order valence-electron chi connectivity index (χ2n) is 4.17. The quantitative estimate of drug-likeness (QED) is 0.865. The van der Waals surface area contributed by atoms with Gasteiger partial charge in [0.25, 0.3) is 0 Å². The molecule has 2 nitrogen and oxygen atoms in total. The van der Waals surface area contributed by atoms with Crippen molar-refractivity contribution >= 4 is 21.7 Å². The van der Waals surface area contributed by atoms with Crippen LogP contribution < -0.4 is 5.32 Å². The van der Waals surface area contributed by atoms with E-state index in [4.69, 9.17) is 0 Å². The van der Waals surface area contributed by atoms with E-state index in [0.29, 0.717) is 10.4 Å². The van der Waals surface area contributed by atoms with Gasteiger partial charge in [0, 0.05) is 5.92 Å². The SMILES string of the molecule is CC(C(=O)c1cccc(Br)c1F)C1CNC1. The normalized spacial score (nSPS) is 17.9. The average molecular weight is 286 g/mol. The lowest BCUT2D eigenvalue weighted by Crippen LogP contribution is -2.47. The molecule has 1 atom stereocenters. The van der Waals surface area contributed by atoms with Crippen LogP contribution >= 0.6 is 15.9 Å². The van der Waals surface area contributed by atoms with Crippen molar-refractivity contribution in [2.75, 3.05) is 13.1 Å². The lowest BCUT2D eigenvalue weighted by molar-refractivity contribution is 0.0849. The zero-order chi connectivity index (χ0) is 11.7. The molecule has 1 fully saturated rings. The van der Waals surface area contributed by atoms with Crippen LogP contribution in [0.5, 0.6) is 0 Å². The zero-order valence-electron chi connectivity index (χ0n) is 8.97. The fourth-order valence-electron chi connectivity index (χ4n) is 1.82. The molecular weight excluding hydrogens is 273 g/mol. The third kappa shape index (κ3) is 2.04. The van der Waals surface area contributed by atoms with Crippen LogP contribution in [-0.4, -0.2) is 18.9 Å². The fraction of sp³-hybridized carbons (Fsp3) is 0.417. The number of benzene rings is 1. The second kappa shape index (κ2) is 4.63. The van der Waals surface area contributed by atoms with Crippen molar-refractivity contribution in [1.29, 1.82) is 0 Å². The molecule has 0 spiro atoms. The van der Waals surface area contributed by atoms with E-state index >= 15 is 0 Å². The number of Topliss-reactive ketones (excluding diaryl/α,β-unsaturated/α-hetero) is 1. The molecule has 86 valence electrons. The molecule has 1 heterocycles. The Bertz CT molecular complexity index is 417. The lowest BCUT2D eigenvalue weighted by atomic mass is 9.83. The topological polar surface area (TPSA) is 29.1 Å². The molecule has 1 saturated heterocycles. The Morgan fingerprint density at radius 2 is 2.25 bits per heavy atom. The number of rotatable bonds is 3. The van der Waals surface area contributed by atoms with Crippen molar-refractivity contribution in [3.05, 3.63) is 34.1 Å². The monoisotopic (exact) mass is 285 g/mol. The van der Waals surface area contributed by atoms with Gasteiger partial charge in [0.1, 0.15) is 5.82 Å². The van der Waals surface area contributed by atoms with Gasteiger partial charge in [-0.05, 0) is 47.1 Å². The first-order valence-corrected chi connectivity index (χ1v) is 6.09. The van der Waals surface area contributed by atoms with Gasteiger partial charge in [-0.15, -0.1) is 0 Å². The summed E-state index contributed by atoms with van der Waals surface area (Å²) in [6.45, 7) is 3.57. The van der Waals surface area contributed by atoms with Gasteiger partial charge in [0.2, 0.25) is 0 Å². The van der Waals surface area contributed by atoms with E-state index in [1.807, 2.05) is 6.92 Å². The molecule has 0 amide bonds. The van der Waals surface area contributed by atoms with Crippen LogP contribution in [0.1, 0.15) is 17.3 Å². The molecular formula is C12H13BrFNO. The van der Waals surface area contributed by atoms with Crippen LogP contribution in [0, 0.1) is 17.7 Å². The van der Waals surface area contributed by atoms with Gasteiger partial charge in [-0.1, -0.05) is 13.0 Å². The summed E-state index contributed by atoms with van der Waals surface area (Å²) in [6, 6.07) is 4.83. The molecule has 0 aliphatic carbocycles. The fourth-order valence-corrected chi connectivity index (χ4v) is 2.18. The largest absolute Gasteiger partial charge is 0.316 e. The van der Waals surface area contributed by atoms with Crippen LogP contribution in [0.25, 0.3) is 0 Å². The van der Waals surface area contributed by atoms with Crippen molar-refractivity contribution in [3.8, 4) is 0 Å². The van der Waals surface area contributed by atoms with E-state index in [1.165, 1.54) is 0 Å². The Kier molecular flexibility index (Phi) is 3.40. The number of ketones is 1. The molecule has 4 heteroatoms. The van der Waals surface area contributed by atoms with Gasteiger partial charge in [0.15, 0.2) is 5.78 Å². The minimum absolute atomic E-state index is 0.106. The van der Waals surface area contributed by atoms with Crippen molar-refractivity contribution in [1.82, 2.24) is 5.32 Å². The summed E-state index contributed by atoms with van der Waals surface area (Å²) in [5.74, 6) is -0.340. The number of halogens is 2. The molecule has 1 N–H and O–H groups in total. The number of carbonyl (C=O) groups is 1.